The van der Waals surface area contributed by atoms with E-state index in [-0.39, 0.29) is 12.1 Å². The minimum Gasteiger partial charge on any atom is -0.333 e. The van der Waals surface area contributed by atoms with Crippen molar-refractivity contribution in [2.75, 3.05) is 13.1 Å². The molecule has 1 saturated heterocycles. The molecule has 1 aromatic heterocycles. The molecule has 2 saturated carbocycles. The summed E-state index contributed by atoms with van der Waals surface area (Å²) in [6.07, 6.45) is 14.4. The molecule has 0 aromatic carbocycles. The maximum absolute atomic E-state index is 12.6. The highest BCUT2D eigenvalue weighted by Crippen LogP contribution is 2.36. The quantitative estimate of drug-likeness (QED) is 0.913. The maximum atomic E-state index is 12.6. The zero-order valence-corrected chi connectivity index (χ0v) is 13.2. The first-order valence-corrected chi connectivity index (χ1v) is 8.84. The number of aromatic nitrogens is 2. The number of fused-ring (bicyclic) bond motifs is 1. The van der Waals surface area contributed by atoms with Crippen LogP contribution in [0.1, 0.15) is 51.0 Å². The Hall–Kier alpha value is -1.52. The number of carbonyl (C=O) groups excluding carboxylic acids is 1. The standard InChI is InChI=1S/C17H26N4O/c22-17(21-10-13-4-1-2-5-14(13)11-21)19-15-6-3-7-16(15)20-9-8-18-12-20/h8-9,12-16H,1-7,10-11H2,(H,19,22)/t13-,14-,15-,16+/m1/s1. The minimum atomic E-state index is 0.159. The third kappa shape index (κ3) is 2.61. The molecule has 1 aromatic rings. The van der Waals surface area contributed by atoms with E-state index in [9.17, 15) is 4.79 Å². The Morgan fingerprint density at radius 2 is 1.82 bits per heavy atom. The van der Waals surface area contributed by atoms with E-state index in [0.717, 1.165) is 37.8 Å². The number of nitrogens with zero attached hydrogens (tertiary/aromatic N) is 3. The molecule has 2 aliphatic carbocycles. The highest BCUT2D eigenvalue weighted by Gasteiger charge is 2.38. The van der Waals surface area contributed by atoms with Gasteiger partial charge < -0.3 is 14.8 Å². The van der Waals surface area contributed by atoms with Gasteiger partial charge in [0.2, 0.25) is 0 Å². The highest BCUT2D eigenvalue weighted by atomic mass is 16.2. The summed E-state index contributed by atoms with van der Waals surface area (Å²) in [6.45, 7) is 1.94. The summed E-state index contributed by atoms with van der Waals surface area (Å²) in [5.74, 6) is 1.51. The molecule has 5 nitrogen and oxygen atoms in total. The number of nitrogens with one attached hydrogen (secondary N) is 1. The molecule has 3 fully saturated rings. The van der Waals surface area contributed by atoms with Crippen LogP contribution >= 0.6 is 0 Å². The van der Waals surface area contributed by atoms with E-state index in [1.165, 1.54) is 32.1 Å². The Balaban J connectivity index is 1.37. The van der Waals surface area contributed by atoms with E-state index < -0.39 is 0 Å². The van der Waals surface area contributed by atoms with Crippen LogP contribution in [-0.4, -0.2) is 39.6 Å². The number of amides is 2. The molecule has 0 radical (unpaired) electrons. The average Bonchev–Trinajstić information content (AvgIpc) is 3.26. The van der Waals surface area contributed by atoms with Crippen molar-refractivity contribution < 1.29 is 4.79 Å². The lowest BCUT2D eigenvalue weighted by molar-refractivity contribution is 0.199. The molecule has 4 rings (SSSR count). The van der Waals surface area contributed by atoms with Crippen LogP contribution in [0.2, 0.25) is 0 Å². The Morgan fingerprint density at radius 3 is 2.50 bits per heavy atom. The molecule has 1 aliphatic heterocycles. The third-order valence-electron chi connectivity index (χ3n) is 5.96. The molecule has 2 heterocycles. The molecule has 5 heteroatoms. The fraction of sp³-hybridized carbons (Fsp3) is 0.765. The van der Waals surface area contributed by atoms with E-state index in [0.29, 0.717) is 6.04 Å². The SMILES string of the molecule is O=C(N[C@@H]1CCC[C@@H]1n1ccnc1)N1C[C@H]2CCCC[C@@H]2C1. The summed E-state index contributed by atoms with van der Waals surface area (Å²) in [7, 11) is 0. The zero-order chi connectivity index (χ0) is 14.9. The first-order chi connectivity index (χ1) is 10.8. The fourth-order valence-electron chi connectivity index (χ4n) is 4.75. The molecule has 120 valence electrons. The van der Waals surface area contributed by atoms with Crippen LogP contribution in [-0.2, 0) is 0 Å². The summed E-state index contributed by atoms with van der Waals surface area (Å²) in [5.41, 5.74) is 0. The smallest absolute Gasteiger partial charge is 0.317 e. The molecule has 22 heavy (non-hydrogen) atoms. The van der Waals surface area contributed by atoms with Crippen molar-refractivity contribution in [2.45, 2.75) is 57.0 Å². The van der Waals surface area contributed by atoms with Gasteiger partial charge in [0.1, 0.15) is 0 Å². The summed E-state index contributed by atoms with van der Waals surface area (Å²) in [5, 5.41) is 3.31. The second-order valence-corrected chi connectivity index (χ2v) is 7.27. The first-order valence-electron chi connectivity index (χ1n) is 8.84. The van der Waals surface area contributed by atoms with Gasteiger partial charge in [-0.1, -0.05) is 12.8 Å². The summed E-state index contributed by atoms with van der Waals surface area (Å²) < 4.78 is 2.15. The normalized spacial score (nSPS) is 34.6. The van der Waals surface area contributed by atoms with Gasteiger partial charge in [0, 0.05) is 25.5 Å². The number of likely N-dealkylation sites (tertiary alicyclic amines) is 1. The molecule has 3 aliphatic rings. The molecule has 0 bridgehead atoms. The van der Waals surface area contributed by atoms with Gasteiger partial charge in [-0.05, 0) is 43.9 Å². The van der Waals surface area contributed by atoms with Gasteiger partial charge in [-0.25, -0.2) is 9.78 Å². The Labute approximate surface area is 132 Å². The highest BCUT2D eigenvalue weighted by molar-refractivity contribution is 5.75. The number of rotatable bonds is 2. The first kappa shape index (κ1) is 14.1. The van der Waals surface area contributed by atoms with Crippen LogP contribution in [0.4, 0.5) is 4.79 Å². The number of carbonyl (C=O) groups is 1. The van der Waals surface area contributed by atoms with Crippen LogP contribution in [0, 0.1) is 11.8 Å². The van der Waals surface area contributed by atoms with Crippen LogP contribution in [0.15, 0.2) is 18.7 Å². The molecule has 0 unspecified atom stereocenters. The Bertz CT molecular complexity index is 501. The third-order valence-corrected chi connectivity index (χ3v) is 5.96. The van der Waals surface area contributed by atoms with Crippen molar-refractivity contribution in [1.82, 2.24) is 19.8 Å². The van der Waals surface area contributed by atoms with Gasteiger partial charge in [0.25, 0.3) is 0 Å². The van der Waals surface area contributed by atoms with Crippen LogP contribution < -0.4 is 5.32 Å². The predicted molar refractivity (Wildman–Crippen MR) is 84.5 cm³/mol. The Kier molecular flexibility index (Phi) is 3.80. The van der Waals surface area contributed by atoms with Crippen molar-refractivity contribution >= 4 is 6.03 Å². The van der Waals surface area contributed by atoms with E-state index in [4.69, 9.17) is 0 Å². The van der Waals surface area contributed by atoms with Gasteiger partial charge in [-0.2, -0.15) is 0 Å². The van der Waals surface area contributed by atoms with Crippen molar-refractivity contribution in [3.63, 3.8) is 0 Å². The molecule has 4 atom stereocenters. The topological polar surface area (TPSA) is 50.2 Å². The molecule has 1 N–H and O–H groups in total. The Morgan fingerprint density at radius 1 is 1.05 bits per heavy atom. The minimum absolute atomic E-state index is 0.159. The number of imidazole rings is 1. The van der Waals surface area contributed by atoms with Crippen LogP contribution in [0.3, 0.4) is 0 Å². The lowest BCUT2D eigenvalue weighted by atomic mass is 9.82. The van der Waals surface area contributed by atoms with Crippen molar-refractivity contribution in [3.8, 4) is 0 Å². The molecular weight excluding hydrogens is 276 g/mol. The van der Waals surface area contributed by atoms with Gasteiger partial charge in [-0.3, -0.25) is 0 Å². The van der Waals surface area contributed by atoms with Crippen molar-refractivity contribution in [3.05, 3.63) is 18.7 Å². The molecular formula is C17H26N4O. The lowest BCUT2D eigenvalue weighted by Crippen LogP contribution is -2.45. The summed E-state index contributed by atoms with van der Waals surface area (Å²) in [4.78, 5) is 18.9. The van der Waals surface area contributed by atoms with Gasteiger partial charge in [0.15, 0.2) is 0 Å². The number of hydrogen-bond donors (Lipinski definition) is 1. The molecule has 0 spiro atoms. The van der Waals surface area contributed by atoms with Gasteiger partial charge in [0.05, 0.1) is 18.4 Å². The number of hydrogen-bond acceptors (Lipinski definition) is 2. The second-order valence-electron chi connectivity index (χ2n) is 7.27. The summed E-state index contributed by atoms with van der Waals surface area (Å²) >= 11 is 0. The van der Waals surface area contributed by atoms with Crippen LogP contribution in [0.25, 0.3) is 0 Å². The van der Waals surface area contributed by atoms with Gasteiger partial charge in [-0.15, -0.1) is 0 Å². The monoisotopic (exact) mass is 302 g/mol. The second kappa shape index (κ2) is 5.94. The largest absolute Gasteiger partial charge is 0.333 e. The predicted octanol–water partition coefficient (Wildman–Crippen LogP) is 2.81. The summed E-state index contributed by atoms with van der Waals surface area (Å²) in [6, 6.07) is 0.784. The van der Waals surface area contributed by atoms with E-state index in [1.807, 2.05) is 18.7 Å². The average molecular weight is 302 g/mol. The van der Waals surface area contributed by atoms with E-state index in [1.54, 1.807) is 0 Å². The van der Waals surface area contributed by atoms with E-state index >= 15 is 0 Å². The van der Waals surface area contributed by atoms with Crippen molar-refractivity contribution in [2.24, 2.45) is 11.8 Å². The maximum Gasteiger partial charge on any atom is 0.317 e. The van der Waals surface area contributed by atoms with Gasteiger partial charge >= 0.3 is 6.03 Å². The van der Waals surface area contributed by atoms with E-state index in [2.05, 4.69) is 19.8 Å². The number of urea groups is 1. The van der Waals surface area contributed by atoms with Crippen LogP contribution in [0.5, 0.6) is 0 Å². The fourth-order valence-corrected chi connectivity index (χ4v) is 4.75. The van der Waals surface area contributed by atoms with Crippen molar-refractivity contribution in [1.29, 1.82) is 0 Å². The zero-order valence-electron chi connectivity index (χ0n) is 13.2. The lowest BCUT2D eigenvalue weighted by Gasteiger charge is -2.25. The molecule has 2 amide bonds.